The van der Waals surface area contributed by atoms with Gasteiger partial charge in [0.25, 0.3) is 0 Å². The van der Waals surface area contributed by atoms with E-state index >= 15 is 0 Å². The van der Waals surface area contributed by atoms with Gasteiger partial charge in [0.15, 0.2) is 0 Å². The predicted molar refractivity (Wildman–Crippen MR) is 144 cm³/mol. The molecule has 0 bridgehead atoms. The molecular formula is C30H36N4O2. The number of anilines is 1. The molecule has 3 heterocycles. The summed E-state index contributed by atoms with van der Waals surface area (Å²) >= 11 is 0. The van der Waals surface area contributed by atoms with E-state index in [4.69, 9.17) is 4.74 Å². The summed E-state index contributed by atoms with van der Waals surface area (Å²) in [6, 6.07) is 18.0. The van der Waals surface area contributed by atoms with E-state index in [1.807, 2.05) is 20.8 Å². The molecule has 0 spiro atoms. The zero-order valence-corrected chi connectivity index (χ0v) is 21.7. The Kier molecular flexibility index (Phi) is 5.51. The monoisotopic (exact) mass is 484 g/mol. The number of aromatic amines is 1. The average Bonchev–Trinajstić information content (AvgIpc) is 3.18. The first-order valence-corrected chi connectivity index (χ1v) is 13.2. The Morgan fingerprint density at radius 1 is 1.03 bits per heavy atom. The molecule has 1 saturated heterocycles. The Morgan fingerprint density at radius 3 is 2.44 bits per heavy atom. The van der Waals surface area contributed by atoms with Crippen LogP contribution in [0.4, 0.5) is 10.5 Å². The first-order valence-electron chi connectivity index (χ1n) is 13.2. The van der Waals surface area contributed by atoms with E-state index in [1.54, 1.807) is 4.90 Å². The second-order valence-corrected chi connectivity index (χ2v) is 11.5. The largest absolute Gasteiger partial charge is 0.444 e. The summed E-state index contributed by atoms with van der Waals surface area (Å²) in [6.45, 7) is 10.4. The van der Waals surface area contributed by atoms with Crippen molar-refractivity contribution in [2.75, 3.05) is 25.0 Å². The molecule has 2 aliphatic heterocycles. The minimum Gasteiger partial charge on any atom is -0.444 e. The maximum Gasteiger partial charge on any atom is 0.410 e. The quantitative estimate of drug-likeness (QED) is 0.462. The molecule has 1 aromatic heterocycles. The summed E-state index contributed by atoms with van der Waals surface area (Å²) in [6.07, 6.45) is 3.22. The molecule has 2 aromatic carbocycles. The van der Waals surface area contributed by atoms with Crippen LogP contribution in [0.25, 0.3) is 10.9 Å². The molecule has 3 aromatic rings. The average molecular weight is 485 g/mol. The number of carbonyl (C=O) groups is 1. The Hall–Kier alpha value is -3.41. The first-order chi connectivity index (χ1) is 17.3. The lowest BCUT2D eigenvalue weighted by Crippen LogP contribution is -2.57. The summed E-state index contributed by atoms with van der Waals surface area (Å²) in [5.74, 6) is 0. The van der Waals surface area contributed by atoms with Gasteiger partial charge >= 0.3 is 6.09 Å². The summed E-state index contributed by atoms with van der Waals surface area (Å²) in [5.41, 5.74) is 9.00. The number of allylic oxidation sites excluding steroid dienone is 2. The van der Waals surface area contributed by atoms with E-state index in [2.05, 4.69) is 70.7 Å². The van der Waals surface area contributed by atoms with E-state index in [-0.39, 0.29) is 18.2 Å². The Morgan fingerprint density at radius 2 is 1.78 bits per heavy atom. The van der Waals surface area contributed by atoms with Crippen LogP contribution in [-0.4, -0.2) is 52.2 Å². The minimum atomic E-state index is -0.461. The Balaban J connectivity index is 1.21. The standard InChI is InChI=1S/C30H36N4O2/c1-19-9-14-26(19)34-16-15-24-23-7-5-6-8-25(23)32-27(24)28(34)20-10-12-21(13-11-20)31-22-17-33(18-22)29(35)36-30(2,3)4/h5-8,10-13,22,28,31-32H,9,14-18H2,1-4H3. The van der Waals surface area contributed by atoms with Gasteiger partial charge in [-0.2, -0.15) is 0 Å². The Labute approximate surface area is 213 Å². The van der Waals surface area contributed by atoms with Crippen molar-refractivity contribution in [2.24, 2.45) is 0 Å². The number of fused-ring (bicyclic) bond motifs is 3. The van der Waals surface area contributed by atoms with Gasteiger partial charge in [0.05, 0.1) is 12.1 Å². The van der Waals surface area contributed by atoms with E-state index in [0.717, 1.165) is 18.7 Å². The highest BCUT2D eigenvalue weighted by Crippen LogP contribution is 2.44. The summed E-state index contributed by atoms with van der Waals surface area (Å²) < 4.78 is 5.47. The molecule has 6 rings (SSSR count). The predicted octanol–water partition coefficient (Wildman–Crippen LogP) is 6.21. The third kappa shape index (κ3) is 4.12. The first kappa shape index (κ1) is 23.0. The molecule has 2 N–H and O–H groups in total. The van der Waals surface area contributed by atoms with Crippen molar-refractivity contribution in [1.29, 1.82) is 0 Å². The van der Waals surface area contributed by atoms with Crippen LogP contribution in [0, 0.1) is 0 Å². The second-order valence-electron chi connectivity index (χ2n) is 11.5. The number of amides is 1. The Bertz CT molecular complexity index is 1330. The van der Waals surface area contributed by atoms with Crippen molar-refractivity contribution in [3.8, 4) is 0 Å². The molecule has 6 nitrogen and oxygen atoms in total. The SMILES string of the molecule is CC1=C(N2CCc3c([nH]c4ccccc34)C2c2ccc(NC3CN(C(=O)OC(C)(C)C)C3)cc2)CC1. The number of aromatic nitrogens is 1. The van der Waals surface area contributed by atoms with Gasteiger partial charge < -0.3 is 24.8 Å². The molecule has 1 fully saturated rings. The molecule has 188 valence electrons. The maximum atomic E-state index is 12.2. The van der Waals surface area contributed by atoms with Crippen LogP contribution in [0.15, 0.2) is 59.8 Å². The third-order valence-electron chi connectivity index (χ3n) is 7.74. The van der Waals surface area contributed by atoms with Crippen molar-refractivity contribution in [2.45, 2.75) is 64.6 Å². The van der Waals surface area contributed by atoms with Gasteiger partial charge in [0.1, 0.15) is 5.60 Å². The summed E-state index contributed by atoms with van der Waals surface area (Å²) in [7, 11) is 0. The molecule has 3 aliphatic rings. The van der Waals surface area contributed by atoms with Gasteiger partial charge in [-0.25, -0.2) is 4.79 Å². The van der Waals surface area contributed by atoms with Gasteiger partial charge in [-0.15, -0.1) is 0 Å². The van der Waals surface area contributed by atoms with Crippen LogP contribution in [0.2, 0.25) is 0 Å². The molecular weight excluding hydrogens is 448 g/mol. The lowest BCUT2D eigenvalue weighted by Gasteiger charge is -2.43. The van der Waals surface area contributed by atoms with Gasteiger partial charge in [-0.3, -0.25) is 0 Å². The fourth-order valence-electron chi connectivity index (χ4n) is 5.80. The van der Waals surface area contributed by atoms with E-state index < -0.39 is 5.60 Å². The number of hydrogen-bond donors (Lipinski definition) is 2. The fraction of sp³-hybridized carbons (Fsp3) is 0.433. The number of likely N-dealkylation sites (tertiary alicyclic amines) is 1. The lowest BCUT2D eigenvalue weighted by atomic mass is 9.87. The van der Waals surface area contributed by atoms with Crippen LogP contribution < -0.4 is 5.32 Å². The smallest absolute Gasteiger partial charge is 0.410 e. The molecule has 0 saturated carbocycles. The topological polar surface area (TPSA) is 60.6 Å². The lowest BCUT2D eigenvalue weighted by molar-refractivity contribution is 0.0105. The number of rotatable bonds is 4. The van der Waals surface area contributed by atoms with E-state index in [0.29, 0.717) is 13.1 Å². The number of nitrogens with zero attached hydrogens (tertiary/aromatic N) is 2. The summed E-state index contributed by atoms with van der Waals surface area (Å²) in [4.78, 5) is 20.4. The van der Waals surface area contributed by atoms with Gasteiger partial charge in [0, 0.05) is 47.6 Å². The number of benzene rings is 2. The van der Waals surface area contributed by atoms with E-state index in [9.17, 15) is 4.79 Å². The van der Waals surface area contributed by atoms with Crippen molar-refractivity contribution in [3.63, 3.8) is 0 Å². The molecule has 36 heavy (non-hydrogen) atoms. The van der Waals surface area contributed by atoms with E-state index in [1.165, 1.54) is 51.8 Å². The molecule has 1 unspecified atom stereocenters. The fourth-order valence-corrected chi connectivity index (χ4v) is 5.80. The normalized spacial score (nSPS) is 20.2. The molecule has 1 atom stereocenters. The minimum absolute atomic E-state index is 0.201. The zero-order valence-electron chi connectivity index (χ0n) is 21.7. The maximum absolute atomic E-state index is 12.2. The number of para-hydroxylation sites is 1. The van der Waals surface area contributed by atoms with Crippen molar-refractivity contribution in [3.05, 3.63) is 76.6 Å². The third-order valence-corrected chi connectivity index (χ3v) is 7.74. The second kappa shape index (κ2) is 8.61. The summed E-state index contributed by atoms with van der Waals surface area (Å²) in [5, 5.41) is 4.94. The number of ether oxygens (including phenoxy) is 1. The number of nitrogens with one attached hydrogen (secondary N) is 2. The number of H-pyrrole nitrogens is 1. The molecule has 1 amide bonds. The van der Waals surface area contributed by atoms with Crippen molar-refractivity contribution < 1.29 is 9.53 Å². The zero-order chi connectivity index (χ0) is 25.0. The molecule has 1 aliphatic carbocycles. The van der Waals surface area contributed by atoms with Crippen molar-refractivity contribution in [1.82, 2.24) is 14.8 Å². The van der Waals surface area contributed by atoms with Crippen LogP contribution in [0.3, 0.4) is 0 Å². The highest BCUT2D eigenvalue weighted by Gasteiger charge is 2.36. The van der Waals surface area contributed by atoms with Gasteiger partial charge in [-0.05, 0) is 76.3 Å². The van der Waals surface area contributed by atoms with Gasteiger partial charge in [-0.1, -0.05) is 35.9 Å². The van der Waals surface area contributed by atoms with Crippen molar-refractivity contribution >= 4 is 22.7 Å². The van der Waals surface area contributed by atoms with Crippen LogP contribution >= 0.6 is 0 Å². The van der Waals surface area contributed by atoms with Gasteiger partial charge in [0.2, 0.25) is 0 Å². The highest BCUT2D eigenvalue weighted by atomic mass is 16.6. The van der Waals surface area contributed by atoms with Crippen LogP contribution in [0.5, 0.6) is 0 Å². The number of hydrogen-bond acceptors (Lipinski definition) is 4. The highest BCUT2D eigenvalue weighted by molar-refractivity contribution is 5.85. The molecule has 6 heteroatoms. The van der Waals surface area contributed by atoms with Crippen LogP contribution in [0.1, 0.15) is 63.4 Å². The molecule has 0 radical (unpaired) electrons. The number of carbonyl (C=O) groups excluding carboxylic acids is 1. The van der Waals surface area contributed by atoms with Crippen LogP contribution in [-0.2, 0) is 11.2 Å².